The summed E-state index contributed by atoms with van der Waals surface area (Å²) in [7, 11) is 0. The molecule has 0 saturated carbocycles. The second-order valence-corrected chi connectivity index (χ2v) is 6.04. The minimum Gasteiger partial charge on any atom is -0.324 e. The van der Waals surface area contributed by atoms with Crippen LogP contribution in [-0.2, 0) is 0 Å². The highest BCUT2D eigenvalue weighted by Crippen LogP contribution is 2.23. The fourth-order valence-electron chi connectivity index (χ4n) is 2.23. The van der Waals surface area contributed by atoms with Crippen LogP contribution in [0.5, 0.6) is 0 Å². The van der Waals surface area contributed by atoms with Gasteiger partial charge in [-0.15, -0.1) is 0 Å². The largest absolute Gasteiger partial charge is 0.324 e. The normalized spacial score (nSPS) is 12.6. The predicted octanol–water partition coefficient (Wildman–Crippen LogP) is 5.73. The van der Waals surface area contributed by atoms with E-state index in [1.165, 1.54) is 44.6 Å². The molecule has 3 heteroatoms. The summed E-state index contributed by atoms with van der Waals surface area (Å²) in [5, 5.41) is 0. The Morgan fingerprint density at radius 2 is 1.74 bits per heavy atom. The zero-order valence-corrected chi connectivity index (χ0v) is 13.4. The Balaban J connectivity index is 2.20. The van der Waals surface area contributed by atoms with Gasteiger partial charge in [0.2, 0.25) is 0 Å². The number of halogens is 2. The molecule has 19 heavy (non-hydrogen) atoms. The van der Waals surface area contributed by atoms with Gasteiger partial charge in [-0.05, 0) is 40.0 Å². The van der Waals surface area contributed by atoms with Crippen molar-refractivity contribution in [1.29, 1.82) is 0 Å². The number of nitrogens with two attached hydrogens (primary N) is 1. The smallest absolute Gasteiger partial charge is 0.137 e. The lowest BCUT2D eigenvalue weighted by atomic mass is 10.0. The molecule has 0 bridgehead atoms. The topological polar surface area (TPSA) is 26.0 Å². The quantitative estimate of drug-likeness (QED) is 0.575. The van der Waals surface area contributed by atoms with Gasteiger partial charge in [0.1, 0.15) is 5.82 Å². The summed E-state index contributed by atoms with van der Waals surface area (Å²) in [4.78, 5) is 0. The molecule has 108 valence electrons. The van der Waals surface area contributed by atoms with Gasteiger partial charge in [0.15, 0.2) is 0 Å². The summed E-state index contributed by atoms with van der Waals surface area (Å²) in [6.07, 6.45) is 10.0. The van der Waals surface area contributed by atoms with E-state index >= 15 is 0 Å². The van der Waals surface area contributed by atoms with E-state index in [9.17, 15) is 4.39 Å². The average molecular weight is 330 g/mol. The Hall–Kier alpha value is -0.410. The van der Waals surface area contributed by atoms with Gasteiger partial charge in [0, 0.05) is 6.04 Å². The molecule has 1 atom stereocenters. The van der Waals surface area contributed by atoms with Crippen molar-refractivity contribution in [1.82, 2.24) is 0 Å². The maximum absolute atomic E-state index is 13.1. The van der Waals surface area contributed by atoms with Crippen molar-refractivity contribution in [2.75, 3.05) is 0 Å². The Bertz CT molecular complexity index is 368. The standard InChI is InChI=1S/C16H25BrFN/c1-2-3-4-5-6-7-8-9-16(19)13-10-11-15(18)14(17)12-13/h10-12,16H,2-9,19H2,1H3. The van der Waals surface area contributed by atoms with Crippen LogP contribution in [0.1, 0.15) is 69.9 Å². The first kappa shape index (κ1) is 16.6. The van der Waals surface area contributed by atoms with Crippen molar-refractivity contribution < 1.29 is 4.39 Å². The van der Waals surface area contributed by atoms with E-state index < -0.39 is 0 Å². The molecule has 0 fully saturated rings. The van der Waals surface area contributed by atoms with Gasteiger partial charge in [-0.2, -0.15) is 0 Å². The minimum absolute atomic E-state index is 0.0209. The van der Waals surface area contributed by atoms with E-state index in [4.69, 9.17) is 5.73 Å². The second kappa shape index (κ2) is 9.49. The van der Waals surface area contributed by atoms with Gasteiger partial charge in [-0.3, -0.25) is 0 Å². The highest BCUT2D eigenvalue weighted by Gasteiger charge is 2.08. The molecular formula is C16H25BrFN. The van der Waals surface area contributed by atoms with Crippen molar-refractivity contribution in [2.24, 2.45) is 5.73 Å². The molecule has 0 radical (unpaired) electrons. The second-order valence-electron chi connectivity index (χ2n) is 5.19. The zero-order valence-electron chi connectivity index (χ0n) is 11.8. The molecule has 1 rings (SSSR count). The fraction of sp³-hybridized carbons (Fsp3) is 0.625. The third-order valence-electron chi connectivity index (χ3n) is 3.49. The lowest BCUT2D eigenvalue weighted by Crippen LogP contribution is -2.10. The van der Waals surface area contributed by atoms with E-state index in [1.807, 2.05) is 0 Å². The summed E-state index contributed by atoms with van der Waals surface area (Å²) in [6.45, 7) is 2.24. The Kier molecular flexibility index (Phi) is 8.31. The molecule has 0 amide bonds. The average Bonchev–Trinajstić information content (AvgIpc) is 2.40. The molecule has 1 aromatic carbocycles. The summed E-state index contributed by atoms with van der Waals surface area (Å²) < 4.78 is 13.6. The van der Waals surface area contributed by atoms with Crippen molar-refractivity contribution in [3.8, 4) is 0 Å². The molecule has 0 aromatic heterocycles. The molecule has 0 aliphatic heterocycles. The summed E-state index contributed by atoms with van der Waals surface area (Å²) in [5.74, 6) is -0.230. The van der Waals surface area contributed by atoms with E-state index in [1.54, 1.807) is 12.1 Å². The Labute approximate surface area is 124 Å². The molecule has 0 saturated heterocycles. The van der Waals surface area contributed by atoms with Gasteiger partial charge in [-0.1, -0.05) is 57.9 Å². The van der Waals surface area contributed by atoms with Crippen molar-refractivity contribution in [2.45, 2.75) is 64.3 Å². The molecule has 0 heterocycles. The van der Waals surface area contributed by atoms with Crippen LogP contribution in [0.15, 0.2) is 22.7 Å². The minimum atomic E-state index is -0.230. The van der Waals surface area contributed by atoms with Crippen LogP contribution in [-0.4, -0.2) is 0 Å². The van der Waals surface area contributed by atoms with Crippen LogP contribution in [0.2, 0.25) is 0 Å². The van der Waals surface area contributed by atoms with Gasteiger partial charge in [0.05, 0.1) is 4.47 Å². The van der Waals surface area contributed by atoms with Crippen LogP contribution in [0.25, 0.3) is 0 Å². The molecule has 0 spiro atoms. The highest BCUT2D eigenvalue weighted by atomic mass is 79.9. The number of rotatable bonds is 9. The molecule has 2 N–H and O–H groups in total. The SMILES string of the molecule is CCCCCCCCCC(N)c1ccc(F)c(Br)c1. The fourth-order valence-corrected chi connectivity index (χ4v) is 2.63. The first-order valence-corrected chi connectivity index (χ1v) is 8.15. The summed E-state index contributed by atoms with van der Waals surface area (Å²) in [6, 6.07) is 5.07. The van der Waals surface area contributed by atoms with Crippen LogP contribution in [0.4, 0.5) is 4.39 Å². The number of unbranched alkanes of at least 4 members (excludes halogenated alkanes) is 6. The summed E-state index contributed by atoms with van der Waals surface area (Å²) >= 11 is 3.20. The van der Waals surface area contributed by atoms with Crippen molar-refractivity contribution >= 4 is 15.9 Å². The van der Waals surface area contributed by atoms with Gasteiger partial charge in [0.25, 0.3) is 0 Å². The van der Waals surface area contributed by atoms with Crippen LogP contribution in [0, 0.1) is 5.82 Å². The van der Waals surface area contributed by atoms with Gasteiger partial charge in [-0.25, -0.2) is 4.39 Å². The third kappa shape index (κ3) is 6.53. The van der Waals surface area contributed by atoms with Crippen molar-refractivity contribution in [3.63, 3.8) is 0 Å². The molecular weight excluding hydrogens is 305 g/mol. The third-order valence-corrected chi connectivity index (χ3v) is 4.10. The molecule has 1 nitrogen and oxygen atoms in total. The molecule has 0 aliphatic rings. The first-order valence-electron chi connectivity index (χ1n) is 7.35. The van der Waals surface area contributed by atoms with Gasteiger partial charge < -0.3 is 5.73 Å². The monoisotopic (exact) mass is 329 g/mol. The van der Waals surface area contributed by atoms with Gasteiger partial charge >= 0.3 is 0 Å². The van der Waals surface area contributed by atoms with Crippen LogP contribution >= 0.6 is 15.9 Å². The Morgan fingerprint density at radius 1 is 1.11 bits per heavy atom. The summed E-state index contributed by atoms with van der Waals surface area (Å²) in [5.41, 5.74) is 7.15. The lowest BCUT2D eigenvalue weighted by molar-refractivity contribution is 0.540. The van der Waals surface area contributed by atoms with Crippen LogP contribution in [0.3, 0.4) is 0 Å². The van der Waals surface area contributed by atoms with E-state index in [-0.39, 0.29) is 11.9 Å². The molecule has 1 aromatic rings. The maximum atomic E-state index is 13.1. The number of hydrogen-bond donors (Lipinski definition) is 1. The first-order chi connectivity index (χ1) is 9.15. The Morgan fingerprint density at radius 3 is 2.37 bits per heavy atom. The lowest BCUT2D eigenvalue weighted by Gasteiger charge is -2.12. The maximum Gasteiger partial charge on any atom is 0.137 e. The number of benzene rings is 1. The highest BCUT2D eigenvalue weighted by molar-refractivity contribution is 9.10. The van der Waals surface area contributed by atoms with E-state index in [0.717, 1.165) is 18.4 Å². The van der Waals surface area contributed by atoms with Crippen molar-refractivity contribution in [3.05, 3.63) is 34.1 Å². The predicted molar refractivity (Wildman–Crippen MR) is 83.6 cm³/mol. The molecule has 1 unspecified atom stereocenters. The van der Waals surface area contributed by atoms with E-state index in [0.29, 0.717) is 4.47 Å². The zero-order chi connectivity index (χ0) is 14.1. The number of hydrogen-bond acceptors (Lipinski definition) is 1. The molecule has 0 aliphatic carbocycles. The van der Waals surface area contributed by atoms with E-state index in [2.05, 4.69) is 22.9 Å². The van der Waals surface area contributed by atoms with Crippen LogP contribution < -0.4 is 5.73 Å².